The Hall–Kier alpha value is -2.54. The first kappa shape index (κ1) is 20.2. The van der Waals surface area contributed by atoms with Crippen LogP contribution < -0.4 is 5.73 Å². The molecule has 0 amide bonds. The molecule has 0 saturated carbocycles. The Balaban J connectivity index is 1.79. The van der Waals surface area contributed by atoms with E-state index in [0.717, 1.165) is 0 Å². The first-order chi connectivity index (χ1) is 13.4. The number of rotatable bonds is 5. The molecule has 0 radical (unpaired) electrons. The van der Waals surface area contributed by atoms with Gasteiger partial charge in [-0.3, -0.25) is 0 Å². The number of carbonyl (C=O) groups is 1. The number of aromatic nitrogens is 1. The van der Waals surface area contributed by atoms with E-state index in [-0.39, 0.29) is 29.3 Å². The minimum absolute atomic E-state index is 0.0611. The van der Waals surface area contributed by atoms with E-state index in [4.69, 9.17) is 49.9 Å². The van der Waals surface area contributed by atoms with Gasteiger partial charge >= 0.3 is 5.97 Å². The van der Waals surface area contributed by atoms with Crippen LogP contribution in [0.25, 0.3) is 11.3 Å². The van der Waals surface area contributed by atoms with Gasteiger partial charge in [0.1, 0.15) is 22.9 Å². The largest absolute Gasteiger partial charge is 0.384 e. The summed E-state index contributed by atoms with van der Waals surface area (Å²) in [4.78, 5) is 17.5. The molecule has 3 aromatic rings. The number of carbonyl (C=O) groups excluding carboxylic acids is 1. The first-order valence-electron chi connectivity index (χ1n) is 8.05. The zero-order valence-corrected chi connectivity index (χ0v) is 16.8. The Morgan fingerprint density at radius 3 is 2.64 bits per heavy atom. The smallest absolute Gasteiger partial charge is 0.371 e. The van der Waals surface area contributed by atoms with Gasteiger partial charge in [0.05, 0.1) is 5.02 Å². The highest BCUT2D eigenvalue weighted by atomic mass is 35.5. The third-order valence-corrected chi connectivity index (χ3v) is 4.74. The Labute approximate surface area is 175 Å². The van der Waals surface area contributed by atoms with Crippen molar-refractivity contribution in [3.05, 3.63) is 74.4 Å². The Morgan fingerprint density at radius 2 is 1.93 bits per heavy atom. The fraction of sp³-hybridized carbons (Fsp3) is 0.105. The standard InChI is InChI=1S/C19H14Cl3N3O3/c1-10-17(18(25-27-10)13-4-2-3-5-14(13)21)19(26)28-24-16(23)8-11-6-7-12(20)9-15(11)22/h2-7,9H,8H2,1H3,(H2,23,24). The topological polar surface area (TPSA) is 90.7 Å². The van der Waals surface area contributed by atoms with Crippen molar-refractivity contribution < 1.29 is 14.2 Å². The van der Waals surface area contributed by atoms with Gasteiger partial charge in [-0.1, -0.05) is 69.4 Å². The van der Waals surface area contributed by atoms with Gasteiger partial charge in [0, 0.05) is 22.0 Å². The van der Waals surface area contributed by atoms with Crippen LogP contribution in [0.1, 0.15) is 21.7 Å². The number of halogens is 3. The van der Waals surface area contributed by atoms with E-state index in [9.17, 15) is 4.79 Å². The van der Waals surface area contributed by atoms with Crippen LogP contribution in [0, 0.1) is 6.92 Å². The first-order valence-corrected chi connectivity index (χ1v) is 9.19. The molecule has 2 aromatic carbocycles. The average molecular weight is 439 g/mol. The van der Waals surface area contributed by atoms with Crippen LogP contribution >= 0.6 is 34.8 Å². The lowest BCUT2D eigenvalue weighted by Gasteiger charge is -2.05. The number of nitrogens with zero attached hydrogens (tertiary/aromatic N) is 2. The van der Waals surface area contributed by atoms with Gasteiger partial charge in [0.25, 0.3) is 0 Å². The molecule has 0 unspecified atom stereocenters. The van der Waals surface area contributed by atoms with E-state index in [1.807, 2.05) is 0 Å². The molecule has 0 atom stereocenters. The van der Waals surface area contributed by atoms with Crippen molar-refractivity contribution in [3.8, 4) is 11.3 Å². The monoisotopic (exact) mass is 437 g/mol. The number of amidine groups is 1. The summed E-state index contributed by atoms with van der Waals surface area (Å²) < 4.78 is 5.14. The highest BCUT2D eigenvalue weighted by Crippen LogP contribution is 2.31. The molecule has 0 spiro atoms. The zero-order valence-electron chi connectivity index (χ0n) is 14.6. The minimum atomic E-state index is -0.765. The van der Waals surface area contributed by atoms with E-state index in [2.05, 4.69) is 10.3 Å². The van der Waals surface area contributed by atoms with Gasteiger partial charge in [0.2, 0.25) is 0 Å². The molecule has 3 rings (SSSR count). The van der Waals surface area contributed by atoms with Crippen LogP contribution in [0.15, 0.2) is 52.1 Å². The third-order valence-electron chi connectivity index (χ3n) is 3.83. The molecule has 1 heterocycles. The fourth-order valence-corrected chi connectivity index (χ4v) is 3.19. The number of hydrogen-bond donors (Lipinski definition) is 1. The normalized spacial score (nSPS) is 11.5. The second-order valence-corrected chi connectivity index (χ2v) is 7.07. The second-order valence-electron chi connectivity index (χ2n) is 5.82. The minimum Gasteiger partial charge on any atom is -0.384 e. The van der Waals surface area contributed by atoms with Crippen LogP contribution in [-0.2, 0) is 11.3 Å². The maximum Gasteiger partial charge on any atom is 0.371 e. The van der Waals surface area contributed by atoms with Crippen molar-refractivity contribution in [1.29, 1.82) is 0 Å². The molecule has 0 aliphatic rings. The van der Waals surface area contributed by atoms with Crippen molar-refractivity contribution in [2.75, 3.05) is 0 Å². The summed E-state index contributed by atoms with van der Waals surface area (Å²) in [5.74, 6) is -0.431. The number of benzene rings is 2. The maximum atomic E-state index is 12.5. The van der Waals surface area contributed by atoms with Crippen LogP contribution in [0.5, 0.6) is 0 Å². The van der Waals surface area contributed by atoms with Gasteiger partial charge in [-0.2, -0.15) is 0 Å². The van der Waals surface area contributed by atoms with Crippen LogP contribution in [-0.4, -0.2) is 17.0 Å². The second kappa shape index (κ2) is 8.65. The summed E-state index contributed by atoms with van der Waals surface area (Å²) in [6, 6.07) is 11.9. The molecule has 9 heteroatoms. The van der Waals surface area contributed by atoms with Crippen molar-refractivity contribution >= 4 is 46.6 Å². The zero-order chi connectivity index (χ0) is 20.3. The quantitative estimate of drug-likeness (QED) is 0.253. The van der Waals surface area contributed by atoms with Gasteiger partial charge in [-0.25, -0.2) is 4.79 Å². The van der Waals surface area contributed by atoms with Crippen molar-refractivity contribution in [1.82, 2.24) is 5.16 Å². The highest BCUT2D eigenvalue weighted by Gasteiger charge is 2.24. The predicted octanol–water partition coefficient (Wildman–Crippen LogP) is 5.28. The number of oxime groups is 1. The van der Waals surface area contributed by atoms with Gasteiger partial charge in [-0.05, 0) is 30.7 Å². The summed E-state index contributed by atoms with van der Waals surface area (Å²) >= 11 is 18.2. The Kier molecular flexibility index (Phi) is 6.24. The molecule has 144 valence electrons. The summed E-state index contributed by atoms with van der Waals surface area (Å²) in [7, 11) is 0. The van der Waals surface area contributed by atoms with Gasteiger partial charge in [0.15, 0.2) is 0 Å². The lowest BCUT2D eigenvalue weighted by Crippen LogP contribution is -2.17. The molecule has 6 nitrogen and oxygen atoms in total. The Bertz CT molecular complexity index is 1060. The molecular weight excluding hydrogens is 425 g/mol. The van der Waals surface area contributed by atoms with E-state index in [1.165, 1.54) is 0 Å². The SMILES string of the molecule is Cc1onc(-c2ccccc2Cl)c1C(=O)ON=C(N)Cc1ccc(Cl)cc1Cl. The summed E-state index contributed by atoms with van der Waals surface area (Å²) in [6.45, 7) is 1.59. The molecule has 0 bridgehead atoms. The molecule has 0 fully saturated rings. The lowest BCUT2D eigenvalue weighted by atomic mass is 10.1. The van der Waals surface area contributed by atoms with E-state index >= 15 is 0 Å². The van der Waals surface area contributed by atoms with E-state index in [0.29, 0.717) is 26.2 Å². The molecule has 1 aromatic heterocycles. The number of hydrogen-bond acceptors (Lipinski definition) is 5. The molecule has 0 aliphatic carbocycles. The van der Waals surface area contributed by atoms with Crippen molar-refractivity contribution in [2.24, 2.45) is 10.9 Å². The van der Waals surface area contributed by atoms with E-state index in [1.54, 1.807) is 49.4 Å². The van der Waals surface area contributed by atoms with Crippen LogP contribution in [0.3, 0.4) is 0 Å². The fourth-order valence-electron chi connectivity index (χ4n) is 2.49. The van der Waals surface area contributed by atoms with Crippen molar-refractivity contribution in [2.45, 2.75) is 13.3 Å². The molecule has 0 aliphatic heterocycles. The predicted molar refractivity (Wildman–Crippen MR) is 109 cm³/mol. The lowest BCUT2D eigenvalue weighted by molar-refractivity contribution is 0.0513. The van der Waals surface area contributed by atoms with Crippen molar-refractivity contribution in [3.63, 3.8) is 0 Å². The third kappa shape index (κ3) is 4.47. The number of nitrogens with two attached hydrogens (primary N) is 1. The molecule has 28 heavy (non-hydrogen) atoms. The highest BCUT2D eigenvalue weighted by molar-refractivity contribution is 6.35. The summed E-state index contributed by atoms with van der Waals surface area (Å²) in [5.41, 5.74) is 7.47. The van der Waals surface area contributed by atoms with Gasteiger partial charge < -0.3 is 15.1 Å². The molecule has 0 saturated heterocycles. The number of aryl methyl sites for hydroxylation is 1. The molecule has 2 N–H and O–H groups in total. The summed E-state index contributed by atoms with van der Waals surface area (Å²) in [5, 5.41) is 8.97. The van der Waals surface area contributed by atoms with Crippen LogP contribution in [0.4, 0.5) is 0 Å². The molecular formula is C19H14Cl3N3O3. The van der Waals surface area contributed by atoms with E-state index < -0.39 is 5.97 Å². The summed E-state index contributed by atoms with van der Waals surface area (Å²) in [6.07, 6.45) is 0.184. The van der Waals surface area contributed by atoms with Gasteiger partial charge in [-0.15, -0.1) is 0 Å². The van der Waals surface area contributed by atoms with Crippen LogP contribution in [0.2, 0.25) is 15.1 Å². The Morgan fingerprint density at radius 1 is 1.18 bits per heavy atom. The average Bonchev–Trinajstić information content (AvgIpc) is 3.04. The maximum absolute atomic E-state index is 12.5.